The molecule has 0 spiro atoms. The minimum atomic E-state index is 0.546. The second-order valence-electron chi connectivity index (χ2n) is 2.85. The van der Waals surface area contributed by atoms with Crippen LogP contribution in [0.3, 0.4) is 0 Å². The Morgan fingerprint density at radius 3 is 3.15 bits per heavy atom. The summed E-state index contributed by atoms with van der Waals surface area (Å²) < 4.78 is 2.07. The maximum Gasteiger partial charge on any atom is 0.0951 e. The van der Waals surface area contributed by atoms with Crippen molar-refractivity contribution in [2.45, 2.75) is 13.1 Å². The average molecular weight is 193 g/mol. The summed E-state index contributed by atoms with van der Waals surface area (Å²) in [5.74, 6) is 0. The summed E-state index contributed by atoms with van der Waals surface area (Å²) in [6, 6.07) is 2.12. The summed E-state index contributed by atoms with van der Waals surface area (Å²) in [5.41, 5.74) is 7.94. The van der Waals surface area contributed by atoms with Crippen molar-refractivity contribution in [3.05, 3.63) is 40.6 Å². The predicted molar refractivity (Wildman–Crippen MR) is 53.5 cm³/mol. The molecule has 13 heavy (non-hydrogen) atoms. The first kappa shape index (κ1) is 8.47. The predicted octanol–water partition coefficient (Wildman–Crippen LogP) is 1.45. The van der Waals surface area contributed by atoms with Gasteiger partial charge in [-0.3, -0.25) is 0 Å². The molecule has 0 atom stereocenters. The molecule has 0 saturated carbocycles. The van der Waals surface area contributed by atoms with E-state index in [1.54, 1.807) is 11.3 Å². The molecule has 2 heterocycles. The molecular formula is C9H11N3S. The molecular weight excluding hydrogens is 182 g/mol. The monoisotopic (exact) mass is 193 g/mol. The van der Waals surface area contributed by atoms with Gasteiger partial charge < -0.3 is 10.3 Å². The first-order valence-corrected chi connectivity index (χ1v) is 5.04. The van der Waals surface area contributed by atoms with Crippen molar-refractivity contribution in [1.29, 1.82) is 0 Å². The summed E-state index contributed by atoms with van der Waals surface area (Å²) in [7, 11) is 0. The third-order valence-electron chi connectivity index (χ3n) is 1.94. The number of nitrogens with zero attached hydrogens (tertiary/aromatic N) is 2. The van der Waals surface area contributed by atoms with Gasteiger partial charge in [-0.05, 0) is 22.4 Å². The zero-order valence-corrected chi connectivity index (χ0v) is 8.00. The number of hydrogen-bond donors (Lipinski definition) is 1. The van der Waals surface area contributed by atoms with Crippen LogP contribution in [0.4, 0.5) is 0 Å². The molecule has 0 aliphatic carbocycles. The Bertz CT molecular complexity index is 364. The van der Waals surface area contributed by atoms with E-state index in [-0.39, 0.29) is 0 Å². The van der Waals surface area contributed by atoms with Gasteiger partial charge in [0.1, 0.15) is 0 Å². The van der Waals surface area contributed by atoms with Crippen molar-refractivity contribution in [3.63, 3.8) is 0 Å². The van der Waals surface area contributed by atoms with Gasteiger partial charge in [0.2, 0.25) is 0 Å². The van der Waals surface area contributed by atoms with Crippen molar-refractivity contribution in [2.75, 3.05) is 0 Å². The Morgan fingerprint density at radius 2 is 2.46 bits per heavy atom. The molecule has 0 aromatic carbocycles. The number of aromatic nitrogens is 2. The van der Waals surface area contributed by atoms with Crippen molar-refractivity contribution in [1.82, 2.24) is 9.55 Å². The largest absolute Gasteiger partial charge is 0.329 e. The summed E-state index contributed by atoms with van der Waals surface area (Å²) in [6.45, 7) is 1.42. The van der Waals surface area contributed by atoms with E-state index in [0.717, 1.165) is 12.2 Å². The van der Waals surface area contributed by atoms with E-state index in [0.29, 0.717) is 6.54 Å². The minimum Gasteiger partial charge on any atom is -0.329 e. The number of nitrogens with two attached hydrogens (primary N) is 1. The van der Waals surface area contributed by atoms with Gasteiger partial charge in [-0.1, -0.05) is 0 Å². The van der Waals surface area contributed by atoms with Crippen molar-refractivity contribution >= 4 is 11.3 Å². The topological polar surface area (TPSA) is 43.8 Å². The quantitative estimate of drug-likeness (QED) is 0.801. The van der Waals surface area contributed by atoms with E-state index < -0.39 is 0 Å². The highest BCUT2D eigenvalue weighted by Crippen LogP contribution is 2.09. The molecule has 2 rings (SSSR count). The van der Waals surface area contributed by atoms with Gasteiger partial charge in [0.25, 0.3) is 0 Å². The summed E-state index contributed by atoms with van der Waals surface area (Å²) in [5, 5.41) is 4.22. The maximum absolute atomic E-state index is 5.57. The van der Waals surface area contributed by atoms with Gasteiger partial charge in [-0.15, -0.1) is 0 Å². The fourth-order valence-electron chi connectivity index (χ4n) is 1.24. The fourth-order valence-corrected chi connectivity index (χ4v) is 1.90. The summed E-state index contributed by atoms with van der Waals surface area (Å²) in [4.78, 5) is 4.06. The molecule has 68 valence electrons. The number of rotatable bonds is 3. The molecule has 0 saturated heterocycles. The maximum atomic E-state index is 5.57. The second kappa shape index (κ2) is 3.72. The molecule has 2 N–H and O–H groups in total. The van der Waals surface area contributed by atoms with Crippen LogP contribution >= 0.6 is 11.3 Å². The van der Waals surface area contributed by atoms with Crippen molar-refractivity contribution in [2.24, 2.45) is 5.73 Å². The molecule has 0 radical (unpaired) electrons. The van der Waals surface area contributed by atoms with Crippen molar-refractivity contribution < 1.29 is 0 Å². The highest BCUT2D eigenvalue weighted by Gasteiger charge is 2.00. The molecule has 0 bridgehead atoms. The Hall–Kier alpha value is -1.13. The lowest BCUT2D eigenvalue weighted by Crippen LogP contribution is -2.06. The standard InChI is InChI=1S/C9H11N3S/c10-3-9-4-11-7-12(9)5-8-1-2-13-6-8/h1-2,4,6-7H,3,5,10H2. The number of hydrogen-bond acceptors (Lipinski definition) is 3. The fraction of sp³-hybridized carbons (Fsp3) is 0.222. The molecule has 2 aromatic rings. The van der Waals surface area contributed by atoms with Crippen LogP contribution in [-0.2, 0) is 13.1 Å². The lowest BCUT2D eigenvalue weighted by atomic mass is 10.3. The van der Waals surface area contributed by atoms with Crippen LogP contribution in [0.15, 0.2) is 29.4 Å². The zero-order chi connectivity index (χ0) is 9.10. The molecule has 0 aliphatic heterocycles. The molecule has 0 amide bonds. The van der Waals surface area contributed by atoms with Crippen LogP contribution < -0.4 is 5.73 Å². The number of thiophene rings is 1. The van der Waals surface area contributed by atoms with Crippen LogP contribution in [0, 0.1) is 0 Å². The minimum absolute atomic E-state index is 0.546. The second-order valence-corrected chi connectivity index (χ2v) is 3.63. The Morgan fingerprint density at radius 1 is 1.54 bits per heavy atom. The lowest BCUT2D eigenvalue weighted by molar-refractivity contribution is 0.742. The number of imidazole rings is 1. The van der Waals surface area contributed by atoms with E-state index in [1.165, 1.54) is 5.56 Å². The van der Waals surface area contributed by atoms with Crippen LogP contribution in [0.25, 0.3) is 0 Å². The first-order valence-electron chi connectivity index (χ1n) is 4.10. The normalized spacial score (nSPS) is 10.5. The molecule has 0 aliphatic rings. The lowest BCUT2D eigenvalue weighted by Gasteiger charge is -2.03. The van der Waals surface area contributed by atoms with Gasteiger partial charge in [-0.25, -0.2) is 4.98 Å². The van der Waals surface area contributed by atoms with Gasteiger partial charge in [-0.2, -0.15) is 11.3 Å². The van der Waals surface area contributed by atoms with Gasteiger partial charge in [0, 0.05) is 19.3 Å². The van der Waals surface area contributed by atoms with E-state index in [1.807, 2.05) is 12.5 Å². The van der Waals surface area contributed by atoms with Gasteiger partial charge in [0.15, 0.2) is 0 Å². The third-order valence-corrected chi connectivity index (χ3v) is 2.67. The van der Waals surface area contributed by atoms with Crippen LogP contribution in [0.2, 0.25) is 0 Å². The van der Waals surface area contributed by atoms with Gasteiger partial charge in [0.05, 0.1) is 12.0 Å². The molecule has 0 fully saturated rings. The molecule has 4 heteroatoms. The third kappa shape index (κ3) is 1.79. The van der Waals surface area contributed by atoms with Gasteiger partial charge >= 0.3 is 0 Å². The van der Waals surface area contributed by atoms with Crippen LogP contribution in [0.1, 0.15) is 11.3 Å². The van der Waals surface area contributed by atoms with E-state index in [2.05, 4.69) is 26.4 Å². The SMILES string of the molecule is NCc1cncn1Cc1ccsc1. The Balaban J connectivity index is 2.18. The highest BCUT2D eigenvalue weighted by molar-refractivity contribution is 7.07. The summed E-state index contributed by atoms with van der Waals surface area (Å²) >= 11 is 1.71. The van der Waals surface area contributed by atoms with Crippen molar-refractivity contribution in [3.8, 4) is 0 Å². The molecule has 0 unspecified atom stereocenters. The first-order chi connectivity index (χ1) is 6.40. The van der Waals surface area contributed by atoms with Crippen LogP contribution in [-0.4, -0.2) is 9.55 Å². The van der Waals surface area contributed by atoms with E-state index in [4.69, 9.17) is 5.73 Å². The summed E-state index contributed by atoms with van der Waals surface area (Å²) in [6.07, 6.45) is 3.63. The highest BCUT2D eigenvalue weighted by atomic mass is 32.1. The smallest absolute Gasteiger partial charge is 0.0951 e. The molecule has 2 aromatic heterocycles. The molecule has 3 nitrogen and oxygen atoms in total. The Kier molecular flexibility index (Phi) is 2.42. The Labute approximate surface area is 80.8 Å². The van der Waals surface area contributed by atoms with Crippen LogP contribution in [0.5, 0.6) is 0 Å². The van der Waals surface area contributed by atoms with E-state index in [9.17, 15) is 0 Å². The zero-order valence-electron chi connectivity index (χ0n) is 7.18. The van der Waals surface area contributed by atoms with E-state index >= 15 is 0 Å². The average Bonchev–Trinajstić information content (AvgIpc) is 2.76.